The van der Waals surface area contributed by atoms with Crippen molar-refractivity contribution in [2.75, 3.05) is 0 Å². The summed E-state index contributed by atoms with van der Waals surface area (Å²) >= 11 is 3.45. The van der Waals surface area contributed by atoms with Crippen LogP contribution in [-0.4, -0.2) is 13.3 Å². The summed E-state index contributed by atoms with van der Waals surface area (Å²) in [6.07, 6.45) is 4.15. The SMILES string of the molecule is [2H]C(C=CC)(O[Si](C)(C)C(C)(C)C)c1cc(C)c(Br)cn1. The van der Waals surface area contributed by atoms with Crippen LogP contribution < -0.4 is 0 Å². The van der Waals surface area contributed by atoms with Crippen LogP contribution in [-0.2, 0) is 4.43 Å². The molecule has 0 amide bonds. The Bertz CT molecular complexity index is 540. The lowest BCUT2D eigenvalue weighted by atomic mass is 10.2. The van der Waals surface area contributed by atoms with Gasteiger partial charge in [0.2, 0.25) is 0 Å². The minimum absolute atomic E-state index is 0.0469. The Morgan fingerprint density at radius 2 is 2.05 bits per heavy atom. The van der Waals surface area contributed by atoms with E-state index in [1.165, 1.54) is 0 Å². The summed E-state index contributed by atoms with van der Waals surface area (Å²) in [6.45, 7) is 14.7. The standard InChI is InChI=1S/C16H26BrNOSi/c1-8-9-15(19-20(6,7)16(3,4)5)14-10-12(2)13(17)11-18-14/h8-11,15H,1-7H3/i15D. The molecule has 0 aliphatic heterocycles. The lowest BCUT2D eigenvalue weighted by molar-refractivity contribution is 0.225. The summed E-state index contributed by atoms with van der Waals surface area (Å²) in [5.74, 6) is 0. The molecule has 1 atom stereocenters. The highest BCUT2D eigenvalue weighted by molar-refractivity contribution is 9.10. The molecule has 0 aliphatic carbocycles. The summed E-state index contributed by atoms with van der Waals surface area (Å²) in [4.78, 5) is 4.41. The molecule has 0 radical (unpaired) electrons. The first kappa shape index (κ1) is 15.9. The number of nitrogens with zero attached hydrogens (tertiary/aromatic N) is 1. The molecule has 1 unspecified atom stereocenters. The molecule has 1 aromatic rings. The predicted molar refractivity (Wildman–Crippen MR) is 92.5 cm³/mol. The third-order valence-corrected chi connectivity index (χ3v) is 8.96. The van der Waals surface area contributed by atoms with Gasteiger partial charge in [-0.2, -0.15) is 0 Å². The zero-order valence-electron chi connectivity index (χ0n) is 14.5. The molecule has 1 heterocycles. The molecule has 2 nitrogen and oxygen atoms in total. The van der Waals surface area contributed by atoms with E-state index in [4.69, 9.17) is 5.80 Å². The molecule has 20 heavy (non-hydrogen) atoms. The molecule has 1 aromatic heterocycles. The van der Waals surface area contributed by atoms with Crippen molar-refractivity contribution in [3.63, 3.8) is 0 Å². The van der Waals surface area contributed by atoms with Crippen molar-refractivity contribution in [1.82, 2.24) is 4.98 Å². The first-order chi connectivity index (χ1) is 9.43. The number of hydrogen-bond acceptors (Lipinski definition) is 2. The Morgan fingerprint density at radius 1 is 1.45 bits per heavy atom. The van der Waals surface area contributed by atoms with E-state index >= 15 is 0 Å². The van der Waals surface area contributed by atoms with Crippen LogP contribution in [0, 0.1) is 6.92 Å². The lowest BCUT2D eigenvalue weighted by Crippen LogP contribution is -2.41. The molecular formula is C16H26BrNOSi. The zero-order chi connectivity index (χ0) is 16.5. The van der Waals surface area contributed by atoms with Crippen LogP contribution in [0.15, 0.2) is 28.9 Å². The van der Waals surface area contributed by atoms with Crippen LogP contribution in [0.25, 0.3) is 0 Å². The van der Waals surface area contributed by atoms with Gasteiger partial charge in [-0.3, -0.25) is 4.98 Å². The first-order valence-corrected chi connectivity index (χ1v) is 10.6. The molecular weight excluding hydrogens is 330 g/mol. The van der Waals surface area contributed by atoms with Crippen LogP contribution in [0.2, 0.25) is 18.1 Å². The highest BCUT2D eigenvalue weighted by Gasteiger charge is 2.39. The van der Waals surface area contributed by atoms with Gasteiger partial charge in [-0.15, -0.1) is 0 Å². The fourth-order valence-corrected chi connectivity index (χ4v) is 2.67. The fourth-order valence-electron chi connectivity index (χ4n) is 1.43. The molecule has 0 fully saturated rings. The van der Waals surface area contributed by atoms with Gasteiger partial charge in [-0.1, -0.05) is 32.9 Å². The van der Waals surface area contributed by atoms with E-state index in [0.29, 0.717) is 5.69 Å². The van der Waals surface area contributed by atoms with Gasteiger partial charge in [-0.25, -0.2) is 0 Å². The Labute approximate surface area is 134 Å². The molecule has 0 spiro atoms. The average molecular weight is 357 g/mol. The van der Waals surface area contributed by atoms with E-state index in [1.54, 1.807) is 12.3 Å². The maximum absolute atomic E-state index is 8.81. The third-order valence-electron chi connectivity index (χ3n) is 3.79. The van der Waals surface area contributed by atoms with Gasteiger partial charge in [0.15, 0.2) is 8.32 Å². The van der Waals surface area contributed by atoms with Gasteiger partial charge in [0.1, 0.15) is 6.08 Å². The summed E-state index contributed by atoms with van der Waals surface area (Å²) in [5, 5.41) is 0.0469. The molecule has 1 rings (SSSR count). The van der Waals surface area contributed by atoms with Crippen molar-refractivity contribution < 1.29 is 5.80 Å². The highest BCUT2D eigenvalue weighted by atomic mass is 79.9. The molecule has 0 saturated heterocycles. The van der Waals surface area contributed by atoms with E-state index in [9.17, 15) is 0 Å². The number of aryl methyl sites for hydroxylation is 1. The largest absolute Gasteiger partial charge is 0.405 e. The maximum Gasteiger partial charge on any atom is 0.193 e. The van der Waals surface area contributed by atoms with Gasteiger partial charge >= 0.3 is 0 Å². The molecule has 4 heteroatoms. The molecule has 0 saturated carbocycles. The predicted octanol–water partition coefficient (Wildman–Crippen LogP) is 5.79. The third kappa shape index (κ3) is 4.27. The number of rotatable bonds is 4. The van der Waals surface area contributed by atoms with E-state index in [2.05, 4.69) is 54.8 Å². The topological polar surface area (TPSA) is 22.1 Å². The van der Waals surface area contributed by atoms with Crippen LogP contribution in [0.3, 0.4) is 0 Å². The van der Waals surface area contributed by atoms with Crippen molar-refractivity contribution in [3.8, 4) is 0 Å². The smallest absolute Gasteiger partial charge is 0.193 e. The average Bonchev–Trinajstić information content (AvgIpc) is 2.30. The van der Waals surface area contributed by atoms with Crippen molar-refractivity contribution in [2.45, 2.75) is 58.8 Å². The second kappa shape index (κ2) is 6.54. The Balaban J connectivity index is 3.29. The summed E-state index contributed by atoms with van der Waals surface area (Å²) in [7, 11) is -2.08. The van der Waals surface area contributed by atoms with Gasteiger partial charge in [-0.05, 0) is 59.5 Å². The lowest BCUT2D eigenvalue weighted by Gasteiger charge is -2.38. The van der Waals surface area contributed by atoms with Gasteiger partial charge < -0.3 is 4.43 Å². The number of aromatic nitrogens is 1. The first-order valence-electron chi connectivity index (χ1n) is 7.39. The van der Waals surface area contributed by atoms with Crippen LogP contribution in [0.4, 0.5) is 0 Å². The van der Waals surface area contributed by atoms with E-state index in [0.717, 1.165) is 10.0 Å². The fraction of sp³-hybridized carbons (Fsp3) is 0.562. The minimum atomic E-state index is -2.08. The number of halogens is 1. The molecule has 112 valence electrons. The Hall–Kier alpha value is -0.453. The van der Waals surface area contributed by atoms with Crippen LogP contribution >= 0.6 is 15.9 Å². The molecule has 0 bridgehead atoms. The van der Waals surface area contributed by atoms with Crippen molar-refractivity contribution >= 4 is 24.2 Å². The van der Waals surface area contributed by atoms with E-state index < -0.39 is 14.4 Å². The maximum atomic E-state index is 8.81. The van der Waals surface area contributed by atoms with Crippen molar-refractivity contribution in [3.05, 3.63) is 40.1 Å². The van der Waals surface area contributed by atoms with E-state index in [-0.39, 0.29) is 5.04 Å². The molecule has 0 aliphatic rings. The monoisotopic (exact) mass is 356 g/mol. The summed E-state index contributed by atoms with van der Waals surface area (Å²) in [6, 6.07) is 1.92. The normalized spacial score (nSPS) is 17.1. The highest BCUT2D eigenvalue weighted by Crippen LogP contribution is 2.40. The summed E-state index contributed by atoms with van der Waals surface area (Å²) < 4.78 is 16.1. The Kier molecular flexibility index (Phi) is 5.21. The summed E-state index contributed by atoms with van der Waals surface area (Å²) in [5.41, 5.74) is 1.69. The van der Waals surface area contributed by atoms with Crippen molar-refractivity contribution in [2.24, 2.45) is 0 Å². The van der Waals surface area contributed by atoms with Crippen molar-refractivity contribution in [1.29, 1.82) is 0 Å². The minimum Gasteiger partial charge on any atom is -0.405 e. The van der Waals surface area contributed by atoms with Gasteiger partial charge in [0, 0.05) is 10.7 Å². The Morgan fingerprint density at radius 3 is 2.50 bits per heavy atom. The van der Waals surface area contributed by atoms with Gasteiger partial charge in [0.25, 0.3) is 0 Å². The molecule has 0 aromatic carbocycles. The zero-order valence-corrected chi connectivity index (χ0v) is 16.1. The number of allylic oxidation sites excluding steroid dienone is 1. The second-order valence-corrected chi connectivity index (χ2v) is 12.1. The second-order valence-electron chi connectivity index (χ2n) is 6.55. The number of pyridine rings is 1. The van der Waals surface area contributed by atoms with Gasteiger partial charge in [0.05, 0.1) is 7.06 Å². The van der Waals surface area contributed by atoms with E-state index in [1.807, 2.05) is 26.0 Å². The molecule has 0 N–H and O–H groups in total. The quantitative estimate of drug-likeness (QED) is 0.502. The van der Waals surface area contributed by atoms with Crippen LogP contribution in [0.5, 0.6) is 0 Å². The number of hydrogen-bond donors (Lipinski definition) is 0. The van der Waals surface area contributed by atoms with Crippen LogP contribution in [0.1, 0.15) is 46.4 Å².